The fraction of sp³-hybridized carbons (Fsp3) is 0.333. The van der Waals surface area contributed by atoms with Crippen LogP contribution in [0.15, 0.2) is 71.7 Å². The predicted molar refractivity (Wildman–Crippen MR) is 182 cm³/mol. The molecular weight excluding hydrogens is 582 g/mol. The Bertz CT molecular complexity index is 1770. The number of anilines is 3. The predicted octanol–water partition coefficient (Wildman–Crippen LogP) is 6.17. The molecule has 1 aromatic heterocycles. The molecular formula is C36H43N5O5. The van der Waals surface area contributed by atoms with Crippen LogP contribution in [0.3, 0.4) is 0 Å². The quantitative estimate of drug-likeness (QED) is 0.205. The fourth-order valence-electron chi connectivity index (χ4n) is 5.04. The summed E-state index contributed by atoms with van der Waals surface area (Å²) < 4.78 is 12.1. The number of ether oxygens (including phenoxy) is 2. The van der Waals surface area contributed by atoms with Crippen molar-refractivity contribution in [2.24, 2.45) is 7.05 Å². The SMILES string of the molecule is CCN(CCOC)C(=O)c1ccc(Nc2nc(-c3cccc(NC(=O)c4ccc(C(C)(C)C)cc4)c3C)cn(C)c2=O)cc1OC. The van der Waals surface area contributed by atoms with E-state index >= 15 is 0 Å². The van der Waals surface area contributed by atoms with Gasteiger partial charge in [-0.15, -0.1) is 0 Å². The maximum Gasteiger partial charge on any atom is 0.293 e. The molecule has 0 saturated carbocycles. The normalized spacial score (nSPS) is 11.2. The van der Waals surface area contributed by atoms with Crippen molar-refractivity contribution in [3.8, 4) is 17.0 Å². The van der Waals surface area contributed by atoms with Crippen molar-refractivity contribution in [2.45, 2.75) is 40.0 Å². The largest absolute Gasteiger partial charge is 0.496 e. The Balaban J connectivity index is 1.60. The lowest BCUT2D eigenvalue weighted by molar-refractivity contribution is 0.0703. The monoisotopic (exact) mass is 625 g/mol. The number of aromatic nitrogens is 2. The Kier molecular flexibility index (Phi) is 10.6. The number of benzene rings is 3. The topological polar surface area (TPSA) is 115 Å². The second-order valence-electron chi connectivity index (χ2n) is 12.1. The van der Waals surface area contributed by atoms with E-state index in [1.54, 1.807) is 43.5 Å². The highest BCUT2D eigenvalue weighted by Gasteiger charge is 2.20. The van der Waals surface area contributed by atoms with Gasteiger partial charge in [-0.1, -0.05) is 45.0 Å². The average molecular weight is 626 g/mol. The molecule has 0 fully saturated rings. The van der Waals surface area contributed by atoms with Gasteiger partial charge in [0.15, 0.2) is 5.82 Å². The second kappa shape index (κ2) is 14.4. The zero-order chi connectivity index (χ0) is 33.6. The van der Waals surface area contributed by atoms with Crippen LogP contribution in [0.1, 0.15) is 59.5 Å². The second-order valence-corrected chi connectivity index (χ2v) is 12.1. The summed E-state index contributed by atoms with van der Waals surface area (Å²) in [4.78, 5) is 45.8. The van der Waals surface area contributed by atoms with Crippen LogP contribution in [0.5, 0.6) is 5.75 Å². The highest BCUT2D eigenvalue weighted by molar-refractivity contribution is 6.05. The number of aryl methyl sites for hydroxylation is 1. The summed E-state index contributed by atoms with van der Waals surface area (Å²) in [5.74, 6) is 0.0758. The zero-order valence-corrected chi connectivity index (χ0v) is 27.9. The van der Waals surface area contributed by atoms with E-state index < -0.39 is 0 Å². The number of rotatable bonds is 11. The number of amides is 2. The van der Waals surface area contributed by atoms with Crippen molar-refractivity contribution in [3.05, 3.63) is 99.5 Å². The van der Waals surface area contributed by atoms with E-state index in [-0.39, 0.29) is 28.6 Å². The molecule has 0 aliphatic heterocycles. The Hall–Kier alpha value is -4.96. The van der Waals surface area contributed by atoms with Crippen molar-refractivity contribution in [1.82, 2.24) is 14.5 Å². The fourth-order valence-corrected chi connectivity index (χ4v) is 5.04. The number of likely N-dealkylation sites (N-methyl/N-ethyl adjacent to an activating group) is 1. The van der Waals surface area contributed by atoms with E-state index in [1.165, 1.54) is 11.7 Å². The van der Waals surface area contributed by atoms with Gasteiger partial charge in [0, 0.05) is 62.0 Å². The summed E-state index contributed by atoms with van der Waals surface area (Å²) in [7, 11) is 4.74. The molecule has 1 heterocycles. The van der Waals surface area contributed by atoms with Gasteiger partial charge in [-0.2, -0.15) is 0 Å². The molecule has 0 unspecified atom stereocenters. The first-order valence-electron chi connectivity index (χ1n) is 15.2. The Morgan fingerprint density at radius 1 is 1.02 bits per heavy atom. The lowest BCUT2D eigenvalue weighted by Crippen LogP contribution is -2.33. The molecule has 4 aromatic rings. The molecule has 0 bridgehead atoms. The standard InChI is InChI=1S/C36H43N5O5/c1-9-41(19-20-45-7)34(43)28-18-17-26(21-31(28)46-8)37-32-35(44)40(6)22-30(38-32)27-11-10-12-29(23(27)2)39-33(42)24-13-15-25(16-14-24)36(3,4)5/h10-18,21-22H,9,19-20H2,1-8H3,(H,37,38)(H,39,42). The number of nitrogens with one attached hydrogen (secondary N) is 2. The molecule has 0 atom stereocenters. The molecule has 242 valence electrons. The van der Waals surface area contributed by atoms with E-state index in [0.29, 0.717) is 53.6 Å². The minimum absolute atomic E-state index is 0.00827. The summed E-state index contributed by atoms with van der Waals surface area (Å²) in [5, 5.41) is 6.13. The van der Waals surface area contributed by atoms with Crippen molar-refractivity contribution < 1.29 is 19.1 Å². The van der Waals surface area contributed by atoms with Crippen LogP contribution in [0.2, 0.25) is 0 Å². The first-order chi connectivity index (χ1) is 21.9. The average Bonchev–Trinajstić information content (AvgIpc) is 3.03. The van der Waals surface area contributed by atoms with Gasteiger partial charge >= 0.3 is 0 Å². The Morgan fingerprint density at radius 2 is 1.74 bits per heavy atom. The van der Waals surface area contributed by atoms with Crippen LogP contribution in [0.25, 0.3) is 11.3 Å². The molecule has 2 N–H and O–H groups in total. The molecule has 46 heavy (non-hydrogen) atoms. The summed E-state index contributed by atoms with van der Waals surface area (Å²) >= 11 is 0. The van der Waals surface area contributed by atoms with Crippen molar-refractivity contribution in [1.29, 1.82) is 0 Å². The molecule has 0 aliphatic rings. The number of hydrogen-bond acceptors (Lipinski definition) is 7. The summed E-state index contributed by atoms with van der Waals surface area (Å²) in [5.41, 5.74) is 5.05. The minimum atomic E-state index is -0.333. The van der Waals surface area contributed by atoms with E-state index in [9.17, 15) is 14.4 Å². The van der Waals surface area contributed by atoms with Crippen LogP contribution in [0.4, 0.5) is 17.2 Å². The molecule has 0 aliphatic carbocycles. The van der Waals surface area contributed by atoms with Gasteiger partial charge in [0.05, 0.1) is 25.0 Å². The highest BCUT2D eigenvalue weighted by Crippen LogP contribution is 2.30. The van der Waals surface area contributed by atoms with Gasteiger partial charge < -0.3 is 29.6 Å². The van der Waals surface area contributed by atoms with Crippen LogP contribution in [-0.4, -0.2) is 60.2 Å². The lowest BCUT2D eigenvalue weighted by Gasteiger charge is -2.22. The molecule has 2 amide bonds. The van der Waals surface area contributed by atoms with E-state index in [1.807, 2.05) is 56.3 Å². The van der Waals surface area contributed by atoms with Crippen LogP contribution in [0, 0.1) is 6.92 Å². The van der Waals surface area contributed by atoms with Gasteiger partial charge in [0.25, 0.3) is 17.4 Å². The maximum atomic E-state index is 13.2. The first-order valence-corrected chi connectivity index (χ1v) is 15.2. The van der Waals surface area contributed by atoms with E-state index in [2.05, 4.69) is 36.4 Å². The third kappa shape index (κ3) is 7.63. The summed E-state index contributed by atoms with van der Waals surface area (Å²) in [6.07, 6.45) is 1.66. The van der Waals surface area contributed by atoms with E-state index in [4.69, 9.17) is 9.47 Å². The number of carbonyl (C=O) groups excluding carboxylic acids is 2. The molecule has 0 radical (unpaired) electrons. The molecule has 10 nitrogen and oxygen atoms in total. The lowest BCUT2D eigenvalue weighted by atomic mass is 9.86. The number of methoxy groups -OCH3 is 2. The van der Waals surface area contributed by atoms with Crippen LogP contribution >= 0.6 is 0 Å². The highest BCUT2D eigenvalue weighted by atomic mass is 16.5. The Morgan fingerprint density at radius 3 is 2.37 bits per heavy atom. The van der Waals surface area contributed by atoms with Gasteiger partial charge in [-0.05, 0) is 60.7 Å². The van der Waals surface area contributed by atoms with Gasteiger partial charge in [0.2, 0.25) is 0 Å². The number of hydrogen-bond donors (Lipinski definition) is 2. The summed E-state index contributed by atoms with van der Waals surface area (Å²) in [6, 6.07) is 18.2. The molecule has 0 saturated heterocycles. The third-order valence-electron chi connectivity index (χ3n) is 7.87. The van der Waals surface area contributed by atoms with Gasteiger partial charge in [-0.3, -0.25) is 14.4 Å². The first kappa shape index (κ1) is 33.9. The van der Waals surface area contributed by atoms with Crippen molar-refractivity contribution in [2.75, 3.05) is 44.5 Å². The zero-order valence-electron chi connectivity index (χ0n) is 27.9. The van der Waals surface area contributed by atoms with Gasteiger partial charge in [-0.25, -0.2) is 4.98 Å². The number of carbonyl (C=O) groups is 2. The van der Waals surface area contributed by atoms with Gasteiger partial charge in [0.1, 0.15) is 5.75 Å². The van der Waals surface area contributed by atoms with Crippen molar-refractivity contribution >= 4 is 29.0 Å². The third-order valence-corrected chi connectivity index (χ3v) is 7.87. The minimum Gasteiger partial charge on any atom is -0.496 e. The molecule has 0 spiro atoms. The summed E-state index contributed by atoms with van der Waals surface area (Å²) in [6.45, 7) is 11.6. The molecule has 3 aromatic carbocycles. The smallest absolute Gasteiger partial charge is 0.293 e. The van der Waals surface area contributed by atoms with Crippen LogP contribution in [-0.2, 0) is 17.2 Å². The van der Waals surface area contributed by atoms with Crippen LogP contribution < -0.4 is 20.9 Å². The number of nitrogens with zero attached hydrogens (tertiary/aromatic N) is 3. The van der Waals surface area contributed by atoms with E-state index in [0.717, 1.165) is 16.7 Å². The van der Waals surface area contributed by atoms with Crippen molar-refractivity contribution in [3.63, 3.8) is 0 Å². The molecule has 4 rings (SSSR count). The molecule has 10 heteroatoms. The Labute approximate surface area is 270 Å². The maximum absolute atomic E-state index is 13.2.